The molecule has 4 nitrogen and oxygen atoms in total. The minimum atomic E-state index is -0.422. The number of halogens is 1. The Labute approximate surface area is 97.4 Å². The molecule has 0 N–H and O–H groups in total. The van der Waals surface area contributed by atoms with E-state index in [-0.39, 0.29) is 6.79 Å². The first-order chi connectivity index (χ1) is 7.70. The Kier molecular flexibility index (Phi) is 3.01. The highest BCUT2D eigenvalue weighted by Crippen LogP contribution is 2.39. The summed E-state index contributed by atoms with van der Waals surface area (Å²) in [6.45, 7) is 0.166. The molecule has 84 valence electrons. The largest absolute Gasteiger partial charge is 0.466 e. The van der Waals surface area contributed by atoms with Gasteiger partial charge >= 0.3 is 5.97 Å². The minimum Gasteiger partial charge on any atom is -0.466 e. The molecule has 0 saturated heterocycles. The third-order valence-corrected chi connectivity index (χ3v) is 2.34. The summed E-state index contributed by atoms with van der Waals surface area (Å²) in [4.78, 5) is 10.9. The molecule has 0 bridgehead atoms. The van der Waals surface area contributed by atoms with Crippen LogP contribution in [0.3, 0.4) is 0 Å². The van der Waals surface area contributed by atoms with Crippen molar-refractivity contribution in [1.82, 2.24) is 0 Å². The number of fused-ring (bicyclic) bond motifs is 1. The lowest BCUT2D eigenvalue weighted by Crippen LogP contribution is -1.93. The number of ether oxygens (including phenoxy) is 3. The van der Waals surface area contributed by atoms with Crippen LogP contribution in [0.1, 0.15) is 5.56 Å². The summed E-state index contributed by atoms with van der Waals surface area (Å²) in [5, 5.41) is 0.458. The highest BCUT2D eigenvalue weighted by Gasteiger charge is 2.17. The second-order valence-electron chi connectivity index (χ2n) is 3.09. The summed E-state index contributed by atoms with van der Waals surface area (Å²) in [5.74, 6) is 0.697. The van der Waals surface area contributed by atoms with E-state index < -0.39 is 5.97 Å². The van der Waals surface area contributed by atoms with Crippen molar-refractivity contribution in [3.05, 3.63) is 28.8 Å². The molecule has 0 unspecified atom stereocenters. The molecule has 1 aliphatic rings. The van der Waals surface area contributed by atoms with Gasteiger partial charge < -0.3 is 14.2 Å². The average molecular weight is 241 g/mol. The lowest BCUT2D eigenvalue weighted by atomic mass is 10.2. The normalized spacial score (nSPS) is 13.1. The first-order valence-corrected chi connectivity index (χ1v) is 4.93. The van der Waals surface area contributed by atoms with Gasteiger partial charge in [0.1, 0.15) is 0 Å². The number of hydrogen-bond donors (Lipinski definition) is 0. The van der Waals surface area contributed by atoms with Crippen molar-refractivity contribution in [3.63, 3.8) is 0 Å². The third kappa shape index (κ3) is 2.12. The van der Waals surface area contributed by atoms with Crippen LogP contribution in [0.5, 0.6) is 11.5 Å². The minimum absolute atomic E-state index is 0.166. The first-order valence-electron chi connectivity index (χ1n) is 4.56. The van der Waals surface area contributed by atoms with E-state index in [0.29, 0.717) is 16.5 Å². The SMILES string of the molecule is COC(=O)/C=C/c1cc(Cl)c2c(c1)OCO2. The van der Waals surface area contributed by atoms with Crippen molar-refractivity contribution in [3.8, 4) is 11.5 Å². The summed E-state index contributed by atoms with van der Waals surface area (Å²) < 4.78 is 14.8. The number of esters is 1. The molecule has 1 aromatic carbocycles. The van der Waals surface area contributed by atoms with Crippen molar-refractivity contribution >= 4 is 23.6 Å². The Morgan fingerprint density at radius 1 is 1.50 bits per heavy atom. The predicted octanol–water partition coefficient (Wildman–Crippen LogP) is 2.25. The molecule has 16 heavy (non-hydrogen) atoms. The summed E-state index contributed by atoms with van der Waals surface area (Å²) in [6.07, 6.45) is 2.91. The van der Waals surface area contributed by atoms with Gasteiger partial charge in [0.25, 0.3) is 0 Å². The predicted molar refractivity (Wildman–Crippen MR) is 58.6 cm³/mol. The number of carbonyl (C=O) groups excluding carboxylic acids is 1. The molecular weight excluding hydrogens is 232 g/mol. The van der Waals surface area contributed by atoms with E-state index in [4.69, 9.17) is 21.1 Å². The summed E-state index contributed by atoms with van der Waals surface area (Å²) in [7, 11) is 1.32. The van der Waals surface area contributed by atoms with Gasteiger partial charge in [0.05, 0.1) is 12.1 Å². The molecule has 1 aromatic rings. The van der Waals surface area contributed by atoms with Crippen LogP contribution in [-0.2, 0) is 9.53 Å². The van der Waals surface area contributed by atoms with Gasteiger partial charge in [-0.15, -0.1) is 0 Å². The Balaban J connectivity index is 2.27. The summed E-state index contributed by atoms with van der Waals surface area (Å²) >= 11 is 5.97. The van der Waals surface area contributed by atoms with E-state index >= 15 is 0 Å². The van der Waals surface area contributed by atoms with Crippen molar-refractivity contribution < 1.29 is 19.0 Å². The highest BCUT2D eigenvalue weighted by molar-refractivity contribution is 6.32. The Morgan fingerprint density at radius 2 is 2.31 bits per heavy atom. The zero-order valence-corrected chi connectivity index (χ0v) is 9.28. The quantitative estimate of drug-likeness (QED) is 0.588. The smallest absolute Gasteiger partial charge is 0.330 e. The van der Waals surface area contributed by atoms with E-state index in [1.807, 2.05) is 0 Å². The van der Waals surface area contributed by atoms with E-state index in [0.717, 1.165) is 5.56 Å². The monoisotopic (exact) mass is 240 g/mol. The number of methoxy groups -OCH3 is 1. The zero-order chi connectivity index (χ0) is 11.5. The molecule has 5 heteroatoms. The summed E-state index contributed by atoms with van der Waals surface area (Å²) in [5.41, 5.74) is 0.750. The molecule has 0 aliphatic carbocycles. The van der Waals surface area contributed by atoms with Gasteiger partial charge in [-0.05, 0) is 23.8 Å². The van der Waals surface area contributed by atoms with Crippen LogP contribution in [-0.4, -0.2) is 19.9 Å². The van der Waals surface area contributed by atoms with E-state index in [1.165, 1.54) is 13.2 Å². The molecule has 0 amide bonds. The number of carbonyl (C=O) groups is 1. The lowest BCUT2D eigenvalue weighted by molar-refractivity contribution is -0.134. The molecule has 0 fully saturated rings. The maximum atomic E-state index is 10.9. The molecule has 0 atom stereocenters. The molecular formula is C11H9ClO4. The van der Waals surface area contributed by atoms with Gasteiger partial charge in [0, 0.05) is 6.08 Å². The fraction of sp³-hybridized carbons (Fsp3) is 0.182. The lowest BCUT2D eigenvalue weighted by Gasteiger charge is -2.00. The van der Waals surface area contributed by atoms with Gasteiger partial charge in [-0.1, -0.05) is 11.6 Å². The van der Waals surface area contributed by atoms with Crippen LogP contribution in [0.4, 0.5) is 0 Å². The zero-order valence-electron chi connectivity index (χ0n) is 8.53. The maximum absolute atomic E-state index is 10.9. The van der Waals surface area contributed by atoms with Crippen LogP contribution < -0.4 is 9.47 Å². The van der Waals surface area contributed by atoms with Crippen LogP contribution in [0.15, 0.2) is 18.2 Å². The van der Waals surface area contributed by atoms with Gasteiger partial charge in [-0.2, -0.15) is 0 Å². The number of hydrogen-bond acceptors (Lipinski definition) is 4. The molecule has 1 heterocycles. The number of rotatable bonds is 2. The van der Waals surface area contributed by atoms with Crippen molar-refractivity contribution in [2.24, 2.45) is 0 Å². The molecule has 1 aliphatic heterocycles. The Morgan fingerprint density at radius 3 is 3.06 bits per heavy atom. The molecule has 0 spiro atoms. The van der Waals surface area contributed by atoms with Gasteiger partial charge in [-0.3, -0.25) is 0 Å². The van der Waals surface area contributed by atoms with Crippen molar-refractivity contribution in [2.45, 2.75) is 0 Å². The van der Waals surface area contributed by atoms with E-state index in [9.17, 15) is 4.79 Å². The topological polar surface area (TPSA) is 44.8 Å². The van der Waals surface area contributed by atoms with Crippen molar-refractivity contribution in [1.29, 1.82) is 0 Å². The second kappa shape index (κ2) is 4.45. The molecule has 0 radical (unpaired) electrons. The van der Waals surface area contributed by atoms with E-state index in [1.54, 1.807) is 18.2 Å². The maximum Gasteiger partial charge on any atom is 0.330 e. The van der Waals surface area contributed by atoms with Gasteiger partial charge in [0.2, 0.25) is 6.79 Å². The standard InChI is InChI=1S/C11H9ClO4/c1-14-10(13)3-2-7-4-8(12)11-9(5-7)15-6-16-11/h2-5H,6H2,1H3/b3-2+. The molecule has 2 rings (SSSR count). The fourth-order valence-electron chi connectivity index (χ4n) is 1.32. The van der Waals surface area contributed by atoms with Crippen LogP contribution in [0, 0.1) is 0 Å². The third-order valence-electron chi connectivity index (χ3n) is 2.06. The van der Waals surface area contributed by atoms with E-state index in [2.05, 4.69) is 4.74 Å². The summed E-state index contributed by atoms with van der Waals surface area (Å²) in [6, 6.07) is 3.43. The van der Waals surface area contributed by atoms with Crippen LogP contribution in [0.2, 0.25) is 5.02 Å². The van der Waals surface area contributed by atoms with Gasteiger partial charge in [-0.25, -0.2) is 4.79 Å². The Hall–Kier alpha value is -1.68. The fourth-order valence-corrected chi connectivity index (χ4v) is 1.59. The molecule has 0 aromatic heterocycles. The molecule has 0 saturated carbocycles. The van der Waals surface area contributed by atoms with Crippen LogP contribution >= 0.6 is 11.6 Å². The number of benzene rings is 1. The van der Waals surface area contributed by atoms with Gasteiger partial charge in [0.15, 0.2) is 11.5 Å². The second-order valence-corrected chi connectivity index (χ2v) is 3.50. The van der Waals surface area contributed by atoms with Crippen LogP contribution in [0.25, 0.3) is 6.08 Å². The van der Waals surface area contributed by atoms with Crippen molar-refractivity contribution in [2.75, 3.05) is 13.9 Å². The Bertz CT molecular complexity index is 454. The average Bonchev–Trinajstić information content (AvgIpc) is 2.74. The highest BCUT2D eigenvalue weighted by atomic mass is 35.5. The first kappa shape index (κ1) is 10.8.